The molecule has 0 aliphatic heterocycles. The zero-order chi connectivity index (χ0) is 29.3. The highest BCUT2D eigenvalue weighted by Crippen LogP contribution is 2.46. The van der Waals surface area contributed by atoms with Crippen molar-refractivity contribution in [2.24, 2.45) is 0 Å². The molecule has 2 saturated carbocycles. The summed E-state index contributed by atoms with van der Waals surface area (Å²) in [7, 11) is 0. The maximum atomic E-state index is 2.47. The molecule has 2 aliphatic rings. The highest BCUT2D eigenvalue weighted by Gasteiger charge is 2.35. The van der Waals surface area contributed by atoms with Crippen LogP contribution in [0.25, 0.3) is 20.2 Å². The van der Waals surface area contributed by atoms with E-state index in [2.05, 4.69) is 126 Å². The normalized spacial score (nSPS) is 17.2. The first kappa shape index (κ1) is 27.7. The Labute approximate surface area is 266 Å². The van der Waals surface area contributed by atoms with Crippen LogP contribution in [0.5, 0.6) is 0 Å². The van der Waals surface area contributed by atoms with Gasteiger partial charge in [-0.3, -0.25) is 0 Å². The Bertz CT molecular complexity index is 1850. The average molecular weight is 592 g/mol. The largest absolute Gasteiger partial charge is 0.310 e. The van der Waals surface area contributed by atoms with Crippen molar-refractivity contribution in [3.05, 3.63) is 138 Å². The molecule has 0 atom stereocenters. The second-order valence-electron chi connectivity index (χ2n) is 13.1. The minimum absolute atomic E-state index is 0.112. The molecular weight excluding hydrogens is 551 g/mol. The van der Waals surface area contributed by atoms with Gasteiger partial charge in [0.2, 0.25) is 0 Å². The van der Waals surface area contributed by atoms with E-state index in [4.69, 9.17) is 0 Å². The highest BCUT2D eigenvalue weighted by atomic mass is 32.1. The minimum atomic E-state index is 0.112. The van der Waals surface area contributed by atoms with E-state index in [9.17, 15) is 0 Å². The molecule has 8 rings (SSSR count). The lowest BCUT2D eigenvalue weighted by atomic mass is 9.65. The molecule has 220 valence electrons. The lowest BCUT2D eigenvalue weighted by Gasteiger charge is -2.39. The number of hydrogen-bond acceptors (Lipinski definition) is 2. The predicted octanol–water partition coefficient (Wildman–Crippen LogP) is 12.8. The SMILES string of the molecule is c1ccc(C2(c3ccc(N(c4ccc(C5CCCCC5)cc4)c4ccc5c(c4)sc4ccccc45)cc3)CCCCC2)cc1. The molecule has 1 nitrogen and oxygen atoms in total. The second-order valence-corrected chi connectivity index (χ2v) is 14.2. The van der Waals surface area contributed by atoms with E-state index in [0.29, 0.717) is 5.92 Å². The summed E-state index contributed by atoms with van der Waals surface area (Å²) in [6.07, 6.45) is 13.2. The standard InChI is InChI=1S/C42H41NS/c1-4-12-31(13-5-1)32-18-22-35(23-19-32)43(37-26-27-39-38-16-8-9-17-40(38)44-41(39)30-37)36-24-20-34(21-25-36)42(28-10-3-11-29-42)33-14-6-2-7-15-33/h2,6-9,14-27,30-31H,1,3-5,10-13,28-29H2. The second kappa shape index (κ2) is 11.9. The lowest BCUT2D eigenvalue weighted by molar-refractivity contribution is 0.346. The number of thiophene rings is 1. The van der Waals surface area contributed by atoms with E-state index in [1.54, 1.807) is 0 Å². The summed E-state index contributed by atoms with van der Waals surface area (Å²) in [6, 6.07) is 46.2. The van der Waals surface area contributed by atoms with Crippen LogP contribution in [-0.4, -0.2) is 0 Å². The summed E-state index contributed by atoms with van der Waals surface area (Å²) in [6.45, 7) is 0. The van der Waals surface area contributed by atoms with Crippen LogP contribution in [0.3, 0.4) is 0 Å². The maximum absolute atomic E-state index is 2.47. The Balaban J connectivity index is 1.21. The number of fused-ring (bicyclic) bond motifs is 3. The van der Waals surface area contributed by atoms with Crippen LogP contribution >= 0.6 is 11.3 Å². The third-order valence-corrected chi connectivity index (χ3v) is 11.7. The molecule has 0 N–H and O–H groups in total. The highest BCUT2D eigenvalue weighted by molar-refractivity contribution is 7.25. The third-order valence-electron chi connectivity index (χ3n) is 10.6. The van der Waals surface area contributed by atoms with Crippen LogP contribution in [0.1, 0.15) is 86.8 Å². The molecule has 2 heteroatoms. The number of nitrogens with zero attached hydrogens (tertiary/aromatic N) is 1. The molecule has 0 spiro atoms. The van der Waals surface area contributed by atoms with Crippen LogP contribution in [0, 0.1) is 0 Å². The van der Waals surface area contributed by atoms with Crippen molar-refractivity contribution < 1.29 is 0 Å². The Morgan fingerprint density at radius 1 is 0.500 bits per heavy atom. The van der Waals surface area contributed by atoms with Crippen LogP contribution in [0.4, 0.5) is 17.1 Å². The Kier molecular flexibility index (Phi) is 7.48. The average Bonchev–Trinajstić information content (AvgIpc) is 3.48. The van der Waals surface area contributed by atoms with Crippen molar-refractivity contribution in [3.8, 4) is 0 Å². The van der Waals surface area contributed by atoms with E-state index < -0.39 is 0 Å². The third kappa shape index (κ3) is 5.04. The Morgan fingerprint density at radius 2 is 1.09 bits per heavy atom. The summed E-state index contributed by atoms with van der Waals surface area (Å²) >= 11 is 1.90. The van der Waals surface area contributed by atoms with Gasteiger partial charge in [0, 0.05) is 42.6 Å². The number of benzene rings is 5. The van der Waals surface area contributed by atoms with Crippen molar-refractivity contribution in [1.29, 1.82) is 0 Å². The fourth-order valence-corrected chi connectivity index (χ4v) is 9.36. The molecule has 1 heterocycles. The van der Waals surface area contributed by atoms with Gasteiger partial charge in [-0.05, 0) is 90.8 Å². The lowest BCUT2D eigenvalue weighted by Crippen LogP contribution is -2.30. The van der Waals surface area contributed by atoms with Crippen molar-refractivity contribution in [2.75, 3.05) is 4.90 Å². The molecule has 5 aromatic carbocycles. The summed E-state index contributed by atoms with van der Waals surface area (Å²) < 4.78 is 2.69. The van der Waals surface area contributed by atoms with Crippen LogP contribution in [0.2, 0.25) is 0 Å². The fourth-order valence-electron chi connectivity index (χ4n) is 8.22. The molecule has 44 heavy (non-hydrogen) atoms. The first-order valence-corrected chi connectivity index (χ1v) is 17.6. The van der Waals surface area contributed by atoms with Crippen LogP contribution in [0.15, 0.2) is 121 Å². The predicted molar refractivity (Wildman–Crippen MR) is 190 cm³/mol. The van der Waals surface area contributed by atoms with E-state index >= 15 is 0 Å². The number of rotatable bonds is 6. The van der Waals surface area contributed by atoms with Crippen molar-refractivity contribution in [2.45, 2.75) is 75.5 Å². The molecule has 0 amide bonds. The van der Waals surface area contributed by atoms with Gasteiger partial charge in [-0.2, -0.15) is 0 Å². The van der Waals surface area contributed by atoms with Crippen LogP contribution in [-0.2, 0) is 5.41 Å². The summed E-state index contributed by atoms with van der Waals surface area (Å²) in [5.74, 6) is 0.713. The van der Waals surface area contributed by atoms with Gasteiger partial charge in [-0.15, -0.1) is 11.3 Å². The summed E-state index contributed by atoms with van der Waals surface area (Å²) in [5.41, 5.74) is 8.22. The molecule has 0 saturated heterocycles. The summed E-state index contributed by atoms with van der Waals surface area (Å²) in [5, 5.41) is 2.70. The maximum Gasteiger partial charge on any atom is 0.0476 e. The minimum Gasteiger partial charge on any atom is -0.310 e. The van der Waals surface area contributed by atoms with Gasteiger partial charge in [-0.25, -0.2) is 0 Å². The molecular formula is C42H41NS. The van der Waals surface area contributed by atoms with Gasteiger partial charge < -0.3 is 4.90 Å². The van der Waals surface area contributed by atoms with Crippen molar-refractivity contribution in [3.63, 3.8) is 0 Å². The van der Waals surface area contributed by atoms with Gasteiger partial charge in [0.25, 0.3) is 0 Å². The number of anilines is 3. The van der Waals surface area contributed by atoms with E-state index in [0.717, 1.165) is 0 Å². The van der Waals surface area contributed by atoms with E-state index in [1.807, 2.05) is 11.3 Å². The van der Waals surface area contributed by atoms with Crippen LogP contribution < -0.4 is 4.90 Å². The zero-order valence-electron chi connectivity index (χ0n) is 25.6. The van der Waals surface area contributed by atoms with E-state index in [-0.39, 0.29) is 5.41 Å². The van der Waals surface area contributed by atoms with Crippen molar-refractivity contribution >= 4 is 48.6 Å². The van der Waals surface area contributed by atoms with Crippen molar-refractivity contribution in [1.82, 2.24) is 0 Å². The van der Waals surface area contributed by atoms with E-state index in [1.165, 1.54) is 118 Å². The molecule has 6 aromatic rings. The topological polar surface area (TPSA) is 3.24 Å². The van der Waals surface area contributed by atoms with Gasteiger partial charge in [0.1, 0.15) is 0 Å². The molecule has 2 fully saturated rings. The summed E-state index contributed by atoms with van der Waals surface area (Å²) in [4.78, 5) is 2.47. The van der Waals surface area contributed by atoms with Gasteiger partial charge in [0.15, 0.2) is 0 Å². The van der Waals surface area contributed by atoms with Gasteiger partial charge >= 0.3 is 0 Å². The molecule has 2 aliphatic carbocycles. The molecule has 0 bridgehead atoms. The quantitative estimate of drug-likeness (QED) is 0.186. The molecule has 0 unspecified atom stereocenters. The first-order valence-electron chi connectivity index (χ1n) is 16.8. The molecule has 1 aromatic heterocycles. The smallest absolute Gasteiger partial charge is 0.0476 e. The fraction of sp³-hybridized carbons (Fsp3) is 0.286. The monoisotopic (exact) mass is 591 g/mol. The Morgan fingerprint density at radius 3 is 1.84 bits per heavy atom. The van der Waals surface area contributed by atoms with Gasteiger partial charge in [-0.1, -0.05) is 117 Å². The Hall–Kier alpha value is -3.88. The zero-order valence-corrected chi connectivity index (χ0v) is 26.4. The molecule has 0 radical (unpaired) electrons. The first-order chi connectivity index (χ1) is 21.8. The van der Waals surface area contributed by atoms with Gasteiger partial charge in [0.05, 0.1) is 0 Å². The number of hydrogen-bond donors (Lipinski definition) is 0.